The predicted octanol–water partition coefficient (Wildman–Crippen LogP) is 3.28. The maximum absolute atomic E-state index is 12.9. The second kappa shape index (κ2) is 5.08. The smallest absolute Gasteiger partial charge is 0.270 e. The fourth-order valence-corrected chi connectivity index (χ4v) is 4.50. The van der Waals surface area contributed by atoms with Crippen LogP contribution in [0.25, 0.3) is 10.9 Å². The fraction of sp³-hybridized carbons (Fsp3) is 0.333. The van der Waals surface area contributed by atoms with Crippen molar-refractivity contribution in [2.45, 2.75) is 31.7 Å². The van der Waals surface area contributed by atoms with Crippen molar-refractivity contribution in [1.82, 2.24) is 14.9 Å². The number of amides is 1. The Bertz CT molecular complexity index is 953. The molecular formula is C18H18N4OS. The Morgan fingerprint density at radius 1 is 1.38 bits per heavy atom. The minimum absolute atomic E-state index is 0.0607. The van der Waals surface area contributed by atoms with Gasteiger partial charge in [-0.1, -0.05) is 12.1 Å². The molecule has 1 aromatic carbocycles. The van der Waals surface area contributed by atoms with Gasteiger partial charge in [0.15, 0.2) is 5.13 Å². The van der Waals surface area contributed by atoms with E-state index in [0.717, 1.165) is 22.5 Å². The van der Waals surface area contributed by atoms with Gasteiger partial charge in [0.05, 0.1) is 12.2 Å². The van der Waals surface area contributed by atoms with Gasteiger partial charge in [-0.15, -0.1) is 11.3 Å². The van der Waals surface area contributed by atoms with Gasteiger partial charge in [0.25, 0.3) is 5.91 Å². The van der Waals surface area contributed by atoms with Crippen molar-refractivity contribution >= 4 is 33.3 Å². The van der Waals surface area contributed by atoms with Crippen molar-refractivity contribution in [3.8, 4) is 0 Å². The van der Waals surface area contributed by atoms with Crippen molar-refractivity contribution in [1.29, 1.82) is 0 Å². The Labute approximate surface area is 143 Å². The average molecular weight is 338 g/mol. The second-order valence-electron chi connectivity index (χ2n) is 6.66. The van der Waals surface area contributed by atoms with Crippen LogP contribution in [0.3, 0.4) is 0 Å². The summed E-state index contributed by atoms with van der Waals surface area (Å²) in [5, 5.41) is 1.79. The molecule has 5 nitrogen and oxygen atoms in total. The summed E-state index contributed by atoms with van der Waals surface area (Å²) in [5.41, 5.74) is 9.95. The minimum atomic E-state index is 0.0607. The molecule has 3 aromatic rings. The van der Waals surface area contributed by atoms with Gasteiger partial charge in [-0.05, 0) is 36.5 Å². The van der Waals surface area contributed by atoms with Gasteiger partial charge in [0.1, 0.15) is 5.69 Å². The number of rotatable bonds is 2. The van der Waals surface area contributed by atoms with E-state index in [9.17, 15) is 4.79 Å². The number of hydrogen-bond donors (Lipinski definition) is 2. The molecule has 2 aromatic heterocycles. The molecule has 3 N–H and O–H groups in total. The largest absolute Gasteiger partial charge is 0.375 e. The van der Waals surface area contributed by atoms with Crippen LogP contribution >= 0.6 is 11.3 Å². The monoisotopic (exact) mass is 338 g/mol. The molecule has 122 valence electrons. The molecule has 0 radical (unpaired) electrons. The lowest BCUT2D eigenvalue weighted by Crippen LogP contribution is -2.35. The molecule has 1 amide bonds. The van der Waals surface area contributed by atoms with Crippen LogP contribution in [0.1, 0.15) is 45.4 Å². The van der Waals surface area contributed by atoms with Gasteiger partial charge in [-0.2, -0.15) is 0 Å². The summed E-state index contributed by atoms with van der Waals surface area (Å²) in [6.07, 6.45) is 3.30. The van der Waals surface area contributed by atoms with Gasteiger partial charge in [-0.3, -0.25) is 4.79 Å². The average Bonchev–Trinajstić information content (AvgIpc) is 3.21. The lowest BCUT2D eigenvalue weighted by Gasteiger charge is -2.25. The molecule has 5 rings (SSSR count). The van der Waals surface area contributed by atoms with Gasteiger partial charge < -0.3 is 15.6 Å². The normalized spacial score (nSPS) is 17.2. The molecule has 0 spiro atoms. The first-order chi connectivity index (χ1) is 11.7. The Hall–Kier alpha value is -2.34. The van der Waals surface area contributed by atoms with Gasteiger partial charge in [0, 0.05) is 28.7 Å². The molecule has 1 aliphatic carbocycles. The van der Waals surface area contributed by atoms with E-state index in [4.69, 9.17) is 5.73 Å². The van der Waals surface area contributed by atoms with Crippen LogP contribution in [0.4, 0.5) is 5.13 Å². The SMILES string of the molecule is Nc1nc2c(s1)CN(C(=O)c1cc3c(C4CC4)cccc3[nH]1)CC2. The summed E-state index contributed by atoms with van der Waals surface area (Å²) < 4.78 is 0. The molecule has 0 atom stereocenters. The molecule has 24 heavy (non-hydrogen) atoms. The summed E-state index contributed by atoms with van der Waals surface area (Å²) in [6.45, 7) is 1.30. The third-order valence-electron chi connectivity index (χ3n) is 4.98. The lowest BCUT2D eigenvalue weighted by molar-refractivity contribution is 0.0731. The van der Waals surface area contributed by atoms with Gasteiger partial charge in [0.2, 0.25) is 0 Å². The van der Waals surface area contributed by atoms with Gasteiger partial charge in [-0.25, -0.2) is 4.98 Å². The first-order valence-electron chi connectivity index (χ1n) is 8.34. The van der Waals surface area contributed by atoms with E-state index < -0.39 is 0 Å². The summed E-state index contributed by atoms with van der Waals surface area (Å²) in [5.74, 6) is 0.732. The van der Waals surface area contributed by atoms with Crippen molar-refractivity contribution in [3.05, 3.63) is 46.1 Å². The number of aromatic amines is 1. The Morgan fingerprint density at radius 2 is 2.25 bits per heavy atom. The number of nitrogens with one attached hydrogen (secondary N) is 1. The summed E-state index contributed by atoms with van der Waals surface area (Å²) in [6, 6.07) is 8.35. The molecule has 1 saturated carbocycles. The van der Waals surface area contributed by atoms with Crippen LogP contribution in [0, 0.1) is 0 Å². The first-order valence-corrected chi connectivity index (χ1v) is 9.15. The van der Waals surface area contributed by atoms with E-state index in [1.807, 2.05) is 11.0 Å². The summed E-state index contributed by atoms with van der Waals surface area (Å²) in [7, 11) is 0. The molecule has 0 unspecified atom stereocenters. The number of anilines is 1. The van der Waals surface area contributed by atoms with Crippen LogP contribution in [-0.4, -0.2) is 27.3 Å². The zero-order chi connectivity index (χ0) is 16.3. The molecule has 1 aliphatic heterocycles. The topological polar surface area (TPSA) is 75.0 Å². The number of nitrogen functional groups attached to an aromatic ring is 1. The number of hydrogen-bond acceptors (Lipinski definition) is 4. The predicted molar refractivity (Wildman–Crippen MR) is 95.2 cm³/mol. The number of benzene rings is 1. The molecule has 0 bridgehead atoms. The molecule has 6 heteroatoms. The molecular weight excluding hydrogens is 320 g/mol. The number of fused-ring (bicyclic) bond motifs is 2. The molecule has 0 saturated heterocycles. The quantitative estimate of drug-likeness (QED) is 0.753. The summed E-state index contributed by atoms with van der Waals surface area (Å²) in [4.78, 5) is 23.6. The van der Waals surface area contributed by atoms with Crippen LogP contribution < -0.4 is 5.73 Å². The number of carbonyl (C=O) groups is 1. The first kappa shape index (κ1) is 14.0. The van der Waals surface area contributed by atoms with E-state index in [0.29, 0.717) is 29.8 Å². The van der Waals surface area contributed by atoms with Gasteiger partial charge >= 0.3 is 0 Å². The van der Waals surface area contributed by atoms with Crippen molar-refractivity contribution in [2.75, 3.05) is 12.3 Å². The minimum Gasteiger partial charge on any atom is -0.375 e. The van der Waals surface area contributed by atoms with Crippen LogP contribution in [-0.2, 0) is 13.0 Å². The number of H-pyrrole nitrogens is 1. The van der Waals surface area contributed by atoms with E-state index in [-0.39, 0.29) is 5.91 Å². The molecule has 1 fully saturated rings. The number of thiazole rings is 1. The Morgan fingerprint density at radius 3 is 3.08 bits per heavy atom. The third-order valence-corrected chi connectivity index (χ3v) is 5.89. The van der Waals surface area contributed by atoms with E-state index >= 15 is 0 Å². The van der Waals surface area contributed by atoms with E-state index in [2.05, 4.69) is 28.2 Å². The number of nitrogens with two attached hydrogens (primary N) is 1. The number of carbonyl (C=O) groups excluding carboxylic acids is 1. The standard InChI is InChI=1S/C18H18N4OS/c19-18-21-14-6-7-22(9-16(14)24-18)17(23)15-8-12-11(10-4-5-10)2-1-3-13(12)20-15/h1-3,8,10,20H,4-7,9H2,(H2,19,21). The van der Waals surface area contributed by atoms with Crippen molar-refractivity contribution < 1.29 is 4.79 Å². The highest BCUT2D eigenvalue weighted by Gasteiger charge is 2.28. The number of nitrogens with zero attached hydrogens (tertiary/aromatic N) is 2. The maximum Gasteiger partial charge on any atom is 0.270 e. The Kier molecular flexibility index (Phi) is 2.97. The lowest BCUT2D eigenvalue weighted by atomic mass is 10.1. The Balaban J connectivity index is 1.47. The maximum atomic E-state index is 12.9. The highest BCUT2D eigenvalue weighted by molar-refractivity contribution is 7.15. The fourth-order valence-electron chi connectivity index (χ4n) is 3.60. The zero-order valence-electron chi connectivity index (χ0n) is 13.2. The van der Waals surface area contributed by atoms with E-state index in [1.54, 1.807) is 0 Å². The van der Waals surface area contributed by atoms with E-state index in [1.165, 1.54) is 35.1 Å². The van der Waals surface area contributed by atoms with Crippen LogP contribution in [0.5, 0.6) is 0 Å². The summed E-state index contributed by atoms with van der Waals surface area (Å²) >= 11 is 1.49. The van der Waals surface area contributed by atoms with Crippen LogP contribution in [0.15, 0.2) is 24.3 Å². The molecule has 2 aliphatic rings. The third kappa shape index (κ3) is 2.21. The number of aromatic nitrogens is 2. The highest BCUT2D eigenvalue weighted by Crippen LogP contribution is 2.43. The van der Waals surface area contributed by atoms with Crippen molar-refractivity contribution in [3.63, 3.8) is 0 Å². The van der Waals surface area contributed by atoms with Crippen molar-refractivity contribution in [2.24, 2.45) is 0 Å². The molecule has 3 heterocycles. The van der Waals surface area contributed by atoms with Crippen LogP contribution in [0.2, 0.25) is 0 Å². The second-order valence-corrected chi connectivity index (χ2v) is 7.78. The zero-order valence-corrected chi connectivity index (χ0v) is 14.0. The highest BCUT2D eigenvalue weighted by atomic mass is 32.1.